The molecule has 3 amide bonds. The van der Waals surface area contributed by atoms with Gasteiger partial charge in [-0.1, -0.05) is 6.42 Å². The summed E-state index contributed by atoms with van der Waals surface area (Å²) in [7, 11) is 0. The van der Waals surface area contributed by atoms with Crippen LogP contribution in [0.25, 0.3) is 0 Å². The van der Waals surface area contributed by atoms with E-state index in [-0.39, 0.29) is 18.3 Å². The number of piperidine rings is 1. The van der Waals surface area contributed by atoms with E-state index in [1.807, 2.05) is 4.90 Å². The van der Waals surface area contributed by atoms with Crippen molar-refractivity contribution in [2.45, 2.75) is 44.3 Å². The number of amides is 3. The fourth-order valence-corrected chi connectivity index (χ4v) is 2.73. The van der Waals surface area contributed by atoms with Crippen molar-refractivity contribution < 1.29 is 9.59 Å². The summed E-state index contributed by atoms with van der Waals surface area (Å²) < 4.78 is 0. The summed E-state index contributed by atoms with van der Waals surface area (Å²) in [6, 6.07) is -0.369. The number of carbonyl (C=O) groups is 2. The SMILES string of the molecule is CC(NC(N)=O)C(=O)N1CC2CCCC(C1)N2.Cl. The standard InChI is InChI=1S/C11H20N4O2.ClH/c1-7(13-11(12)17)10(16)15-5-8-3-2-4-9(6-15)14-8;/h7-9,14H,2-6H2,1H3,(H3,12,13,17);1H. The number of nitrogens with two attached hydrogens (primary N) is 1. The Labute approximate surface area is 113 Å². The van der Waals surface area contributed by atoms with E-state index in [1.54, 1.807) is 6.92 Å². The van der Waals surface area contributed by atoms with Crippen LogP contribution < -0.4 is 16.4 Å². The molecule has 4 N–H and O–H groups in total. The molecular formula is C11H21ClN4O2. The number of likely N-dealkylation sites (tertiary alicyclic amines) is 1. The minimum atomic E-state index is -0.652. The van der Waals surface area contributed by atoms with Gasteiger partial charge >= 0.3 is 6.03 Å². The Hall–Kier alpha value is -1.01. The summed E-state index contributed by atoms with van der Waals surface area (Å²) in [5.41, 5.74) is 5.02. The van der Waals surface area contributed by atoms with Crippen molar-refractivity contribution in [3.8, 4) is 0 Å². The van der Waals surface area contributed by atoms with Crippen LogP contribution in [0, 0.1) is 0 Å². The van der Waals surface area contributed by atoms with E-state index in [4.69, 9.17) is 5.73 Å². The van der Waals surface area contributed by atoms with Crippen LogP contribution in [0.4, 0.5) is 4.79 Å². The topological polar surface area (TPSA) is 87.5 Å². The van der Waals surface area contributed by atoms with Crippen molar-refractivity contribution >= 4 is 24.3 Å². The second kappa shape index (κ2) is 6.24. The molecule has 2 saturated heterocycles. The third-order valence-corrected chi connectivity index (χ3v) is 3.50. The molecular weight excluding hydrogens is 256 g/mol. The molecule has 7 heteroatoms. The van der Waals surface area contributed by atoms with Gasteiger partial charge in [-0.3, -0.25) is 4.79 Å². The van der Waals surface area contributed by atoms with E-state index >= 15 is 0 Å². The fraction of sp³-hybridized carbons (Fsp3) is 0.818. The van der Waals surface area contributed by atoms with Crippen molar-refractivity contribution in [2.24, 2.45) is 5.73 Å². The minimum absolute atomic E-state index is 0. The van der Waals surface area contributed by atoms with Crippen LogP contribution in [0.2, 0.25) is 0 Å². The van der Waals surface area contributed by atoms with E-state index in [0.29, 0.717) is 12.1 Å². The lowest BCUT2D eigenvalue weighted by molar-refractivity contribution is -0.135. The Kier molecular flexibility index (Phi) is 5.22. The lowest BCUT2D eigenvalue weighted by Gasteiger charge is -2.43. The molecule has 3 unspecified atom stereocenters. The molecule has 0 aliphatic carbocycles. The Bertz CT molecular complexity index is 314. The number of rotatable bonds is 2. The van der Waals surface area contributed by atoms with Crippen molar-refractivity contribution in [3.05, 3.63) is 0 Å². The fourth-order valence-electron chi connectivity index (χ4n) is 2.73. The van der Waals surface area contributed by atoms with Gasteiger partial charge in [0.05, 0.1) is 0 Å². The molecule has 0 radical (unpaired) electrons. The first-order valence-electron chi connectivity index (χ1n) is 6.17. The molecule has 0 aromatic rings. The van der Waals surface area contributed by atoms with Crippen LogP contribution in [-0.4, -0.2) is 48.1 Å². The molecule has 2 rings (SSSR count). The van der Waals surface area contributed by atoms with Gasteiger partial charge in [0.1, 0.15) is 6.04 Å². The molecule has 6 nitrogen and oxygen atoms in total. The molecule has 3 atom stereocenters. The predicted molar refractivity (Wildman–Crippen MR) is 70.6 cm³/mol. The molecule has 104 valence electrons. The normalized spacial score (nSPS) is 27.9. The Morgan fingerprint density at radius 1 is 1.33 bits per heavy atom. The van der Waals surface area contributed by atoms with Crippen LogP contribution in [0.1, 0.15) is 26.2 Å². The summed E-state index contributed by atoms with van der Waals surface area (Å²) in [5.74, 6) is -0.0396. The maximum absolute atomic E-state index is 12.1. The third kappa shape index (κ3) is 3.49. The third-order valence-electron chi connectivity index (χ3n) is 3.50. The number of carbonyl (C=O) groups excluding carboxylic acids is 2. The highest BCUT2D eigenvalue weighted by Crippen LogP contribution is 2.19. The van der Waals surface area contributed by atoms with E-state index < -0.39 is 12.1 Å². The highest BCUT2D eigenvalue weighted by atomic mass is 35.5. The second-order valence-electron chi connectivity index (χ2n) is 4.96. The molecule has 0 spiro atoms. The second-order valence-corrected chi connectivity index (χ2v) is 4.96. The summed E-state index contributed by atoms with van der Waals surface area (Å²) in [6.45, 7) is 3.14. The number of urea groups is 1. The molecule has 18 heavy (non-hydrogen) atoms. The predicted octanol–water partition coefficient (Wildman–Crippen LogP) is -0.182. The molecule has 2 fully saturated rings. The lowest BCUT2D eigenvalue weighted by Crippen LogP contribution is -2.62. The smallest absolute Gasteiger partial charge is 0.312 e. The average Bonchev–Trinajstić information content (AvgIpc) is 2.26. The van der Waals surface area contributed by atoms with Gasteiger partial charge in [0.25, 0.3) is 0 Å². The lowest BCUT2D eigenvalue weighted by atomic mass is 9.94. The summed E-state index contributed by atoms with van der Waals surface area (Å²) in [5, 5.41) is 5.94. The summed E-state index contributed by atoms with van der Waals surface area (Å²) in [4.78, 5) is 24.7. The van der Waals surface area contributed by atoms with Crippen molar-refractivity contribution in [1.82, 2.24) is 15.5 Å². The molecule has 2 heterocycles. The van der Waals surface area contributed by atoms with Gasteiger partial charge in [-0.2, -0.15) is 0 Å². The van der Waals surface area contributed by atoms with Crippen LogP contribution in [0.5, 0.6) is 0 Å². The van der Waals surface area contributed by atoms with Crippen LogP contribution in [0.15, 0.2) is 0 Å². The first-order valence-corrected chi connectivity index (χ1v) is 6.17. The Morgan fingerprint density at radius 3 is 2.39 bits per heavy atom. The maximum Gasteiger partial charge on any atom is 0.312 e. The van der Waals surface area contributed by atoms with Crippen LogP contribution in [-0.2, 0) is 4.79 Å². The van der Waals surface area contributed by atoms with E-state index in [0.717, 1.165) is 25.9 Å². The molecule has 2 aliphatic heterocycles. The van der Waals surface area contributed by atoms with E-state index in [9.17, 15) is 9.59 Å². The summed E-state index contributed by atoms with van der Waals surface area (Å²) >= 11 is 0. The van der Waals surface area contributed by atoms with Crippen molar-refractivity contribution in [2.75, 3.05) is 13.1 Å². The number of hydrogen-bond donors (Lipinski definition) is 3. The van der Waals surface area contributed by atoms with Gasteiger partial charge < -0.3 is 21.3 Å². The van der Waals surface area contributed by atoms with Crippen LogP contribution >= 0.6 is 12.4 Å². The number of hydrogen-bond acceptors (Lipinski definition) is 3. The monoisotopic (exact) mass is 276 g/mol. The highest BCUT2D eigenvalue weighted by molar-refractivity contribution is 5.86. The first kappa shape index (κ1) is 15.0. The summed E-state index contributed by atoms with van der Waals surface area (Å²) in [6.07, 6.45) is 3.48. The maximum atomic E-state index is 12.1. The number of halogens is 1. The van der Waals surface area contributed by atoms with Gasteiger partial charge in [0.15, 0.2) is 0 Å². The first-order chi connectivity index (χ1) is 8.06. The number of nitrogens with one attached hydrogen (secondary N) is 2. The van der Waals surface area contributed by atoms with Crippen LogP contribution in [0.3, 0.4) is 0 Å². The van der Waals surface area contributed by atoms with Gasteiger partial charge in [-0.25, -0.2) is 4.79 Å². The zero-order chi connectivity index (χ0) is 12.4. The quantitative estimate of drug-likeness (QED) is 0.654. The molecule has 0 aromatic carbocycles. The van der Waals surface area contributed by atoms with Gasteiger partial charge in [-0.15, -0.1) is 12.4 Å². The largest absolute Gasteiger partial charge is 0.352 e. The highest BCUT2D eigenvalue weighted by Gasteiger charge is 2.33. The number of primary amides is 1. The van der Waals surface area contributed by atoms with Gasteiger partial charge in [-0.05, 0) is 19.8 Å². The molecule has 2 bridgehead atoms. The minimum Gasteiger partial charge on any atom is -0.352 e. The zero-order valence-corrected chi connectivity index (χ0v) is 11.3. The number of piperazine rings is 1. The molecule has 0 saturated carbocycles. The van der Waals surface area contributed by atoms with E-state index in [1.165, 1.54) is 6.42 Å². The Balaban J connectivity index is 0.00000162. The number of nitrogens with zero attached hydrogens (tertiary/aromatic N) is 1. The van der Waals surface area contributed by atoms with Gasteiger partial charge in [0.2, 0.25) is 5.91 Å². The van der Waals surface area contributed by atoms with Gasteiger partial charge in [0, 0.05) is 25.2 Å². The zero-order valence-electron chi connectivity index (χ0n) is 10.5. The molecule has 2 aliphatic rings. The van der Waals surface area contributed by atoms with E-state index in [2.05, 4.69) is 10.6 Å². The van der Waals surface area contributed by atoms with Crippen molar-refractivity contribution in [1.29, 1.82) is 0 Å². The number of fused-ring (bicyclic) bond motifs is 2. The average molecular weight is 277 g/mol. The molecule has 0 aromatic heterocycles. The van der Waals surface area contributed by atoms with Crippen molar-refractivity contribution in [3.63, 3.8) is 0 Å². The Morgan fingerprint density at radius 2 is 1.89 bits per heavy atom.